The van der Waals surface area contributed by atoms with Crippen molar-refractivity contribution in [3.05, 3.63) is 65.9 Å². The first-order valence-electron chi connectivity index (χ1n) is 11.6. The quantitative estimate of drug-likeness (QED) is 0.267. The summed E-state index contributed by atoms with van der Waals surface area (Å²) in [5.41, 5.74) is 4.77. The van der Waals surface area contributed by atoms with Crippen molar-refractivity contribution in [3.63, 3.8) is 0 Å². The van der Waals surface area contributed by atoms with Gasteiger partial charge in [-0.2, -0.15) is 18.3 Å². The van der Waals surface area contributed by atoms with Crippen LogP contribution in [0.1, 0.15) is 17.0 Å². The topological polar surface area (TPSA) is 86.7 Å². The second-order valence-electron chi connectivity index (χ2n) is 9.07. The van der Waals surface area contributed by atoms with Gasteiger partial charge in [0, 0.05) is 34.6 Å². The molecule has 38 heavy (non-hydrogen) atoms. The van der Waals surface area contributed by atoms with Crippen molar-refractivity contribution in [1.82, 2.24) is 39.3 Å². The van der Waals surface area contributed by atoms with Crippen LogP contribution in [0.15, 0.2) is 48.9 Å². The Balaban J connectivity index is 1.48. The molecular weight excluding hydrogens is 513 g/mol. The third-order valence-electron chi connectivity index (χ3n) is 6.72. The summed E-state index contributed by atoms with van der Waals surface area (Å²) in [4.78, 5) is 18.4. The van der Waals surface area contributed by atoms with Crippen LogP contribution in [0.4, 0.5) is 13.2 Å². The fourth-order valence-electron chi connectivity index (χ4n) is 4.72. The summed E-state index contributed by atoms with van der Waals surface area (Å²) in [5.74, 6) is 0.457. The summed E-state index contributed by atoms with van der Waals surface area (Å²) in [7, 11) is 1.88. The average Bonchev–Trinajstić information content (AvgIpc) is 3.58. The molecule has 0 radical (unpaired) electrons. The summed E-state index contributed by atoms with van der Waals surface area (Å²) >= 11 is 1.13. The van der Waals surface area contributed by atoms with Gasteiger partial charge in [-0.15, -0.1) is 16.4 Å². The molecular formula is C26H17F3N8S. The Hall–Kier alpha value is -4.45. The van der Waals surface area contributed by atoms with Gasteiger partial charge < -0.3 is 0 Å². The molecule has 12 heteroatoms. The van der Waals surface area contributed by atoms with Gasteiger partial charge in [0.1, 0.15) is 21.6 Å². The van der Waals surface area contributed by atoms with Crippen LogP contribution in [-0.2, 0) is 13.2 Å². The summed E-state index contributed by atoms with van der Waals surface area (Å²) in [6.07, 6.45) is -1.22. The summed E-state index contributed by atoms with van der Waals surface area (Å²) < 4.78 is 44.1. The second kappa shape index (κ2) is 7.78. The molecule has 0 atom stereocenters. The van der Waals surface area contributed by atoms with Crippen LogP contribution in [0.3, 0.4) is 0 Å². The molecule has 0 aliphatic heterocycles. The van der Waals surface area contributed by atoms with Crippen molar-refractivity contribution in [2.45, 2.75) is 20.0 Å². The van der Waals surface area contributed by atoms with E-state index in [1.54, 1.807) is 22.3 Å². The maximum Gasteiger partial charge on any atom is 0.433 e. The van der Waals surface area contributed by atoms with Crippen molar-refractivity contribution < 1.29 is 13.2 Å². The van der Waals surface area contributed by atoms with Gasteiger partial charge in [0.05, 0.1) is 22.9 Å². The number of aromatic nitrogens is 8. The number of pyridine rings is 2. The minimum Gasteiger partial charge on any atom is -0.272 e. The van der Waals surface area contributed by atoms with Crippen molar-refractivity contribution >= 4 is 48.3 Å². The molecule has 0 fully saturated rings. The Morgan fingerprint density at radius 3 is 2.55 bits per heavy atom. The van der Waals surface area contributed by atoms with E-state index in [1.807, 2.05) is 44.3 Å². The molecule has 7 rings (SSSR count). The Bertz CT molecular complexity index is 2070. The van der Waals surface area contributed by atoms with Gasteiger partial charge >= 0.3 is 6.18 Å². The fourth-order valence-corrected chi connectivity index (χ4v) is 5.90. The van der Waals surface area contributed by atoms with E-state index in [0.717, 1.165) is 50.8 Å². The molecule has 0 saturated heterocycles. The van der Waals surface area contributed by atoms with Crippen LogP contribution in [0.2, 0.25) is 0 Å². The molecule has 8 nitrogen and oxygen atoms in total. The van der Waals surface area contributed by atoms with Gasteiger partial charge in [-0.1, -0.05) is 18.2 Å². The van der Waals surface area contributed by atoms with Crippen LogP contribution in [0.25, 0.3) is 59.6 Å². The van der Waals surface area contributed by atoms with Crippen molar-refractivity contribution in [2.24, 2.45) is 7.05 Å². The predicted molar refractivity (Wildman–Crippen MR) is 139 cm³/mol. The molecule has 0 saturated carbocycles. The highest BCUT2D eigenvalue weighted by molar-refractivity contribution is 7.26. The lowest BCUT2D eigenvalue weighted by atomic mass is 10.0. The van der Waals surface area contributed by atoms with Crippen LogP contribution in [-0.4, -0.2) is 39.3 Å². The zero-order valence-corrected chi connectivity index (χ0v) is 21.1. The van der Waals surface area contributed by atoms with Crippen LogP contribution < -0.4 is 0 Å². The smallest absolute Gasteiger partial charge is 0.272 e. The molecule has 0 unspecified atom stereocenters. The number of alkyl halides is 3. The zero-order chi connectivity index (χ0) is 26.3. The van der Waals surface area contributed by atoms with Crippen LogP contribution in [0.5, 0.6) is 0 Å². The number of aryl methyl sites for hydroxylation is 2. The molecule has 1 aromatic carbocycles. The lowest BCUT2D eigenvalue weighted by Gasteiger charge is -2.07. The molecule has 0 amide bonds. The number of hydrogen-bond donors (Lipinski definition) is 0. The Morgan fingerprint density at radius 2 is 1.79 bits per heavy atom. The number of nitrogens with zero attached hydrogens (tertiary/aromatic N) is 8. The first-order valence-corrected chi connectivity index (χ1v) is 12.4. The van der Waals surface area contributed by atoms with E-state index in [-0.39, 0.29) is 4.83 Å². The predicted octanol–water partition coefficient (Wildman–Crippen LogP) is 6.14. The number of fused-ring (bicyclic) bond motifs is 6. The maximum atomic E-state index is 13.4. The monoisotopic (exact) mass is 530 g/mol. The molecule has 0 aliphatic rings. The van der Waals surface area contributed by atoms with Gasteiger partial charge in [-0.25, -0.2) is 24.5 Å². The highest BCUT2D eigenvalue weighted by Crippen LogP contribution is 2.39. The molecule has 6 heterocycles. The lowest BCUT2D eigenvalue weighted by molar-refractivity contribution is -0.141. The molecule has 0 aliphatic carbocycles. The summed E-state index contributed by atoms with van der Waals surface area (Å²) in [6.45, 7) is 3.61. The van der Waals surface area contributed by atoms with E-state index < -0.39 is 11.9 Å². The third-order valence-corrected chi connectivity index (χ3v) is 7.79. The average molecular weight is 531 g/mol. The molecule has 7 aromatic rings. The van der Waals surface area contributed by atoms with Gasteiger partial charge in [0.15, 0.2) is 11.5 Å². The molecule has 6 aromatic heterocycles. The summed E-state index contributed by atoms with van der Waals surface area (Å²) in [6, 6.07) is 10.7. The van der Waals surface area contributed by atoms with Crippen molar-refractivity contribution in [1.29, 1.82) is 0 Å². The largest absolute Gasteiger partial charge is 0.433 e. The SMILES string of the molecule is Cc1cc(C(F)(F)F)nc2sc3c(ncn4nc(-c5cc(-c6cnn(C)c6C)nc6ccccc56)nc34)c12. The number of halogens is 3. The second-order valence-corrected chi connectivity index (χ2v) is 10.1. The number of para-hydroxylation sites is 1. The standard InChI is InChI=1S/C26H17F3N8S/c1-12-8-19(26(27,28)29)33-25-20(12)21-22(38-25)24-34-23(35-37(24)11-30-21)15-9-18(16-10-31-36(3)13(16)2)32-17-7-5-4-6-14(15)17/h4-11H,1-3H3. The minimum absolute atomic E-state index is 0.265. The Labute approximate surface area is 216 Å². The third kappa shape index (κ3) is 3.29. The highest BCUT2D eigenvalue weighted by Gasteiger charge is 2.34. The fraction of sp³-hybridized carbons (Fsp3) is 0.154. The first kappa shape index (κ1) is 22.7. The highest BCUT2D eigenvalue weighted by atomic mass is 32.1. The van der Waals surface area contributed by atoms with Gasteiger partial charge in [0.25, 0.3) is 0 Å². The van der Waals surface area contributed by atoms with Crippen LogP contribution >= 0.6 is 11.3 Å². The minimum atomic E-state index is -4.54. The number of benzene rings is 1. The number of hydrogen-bond acceptors (Lipinski definition) is 7. The normalized spacial score (nSPS) is 12.5. The van der Waals surface area contributed by atoms with Gasteiger partial charge in [-0.05, 0) is 37.6 Å². The maximum absolute atomic E-state index is 13.4. The van der Waals surface area contributed by atoms with Gasteiger partial charge in [0.2, 0.25) is 0 Å². The number of rotatable bonds is 2. The molecule has 0 spiro atoms. The van der Waals surface area contributed by atoms with E-state index >= 15 is 0 Å². The van der Waals surface area contributed by atoms with E-state index in [0.29, 0.717) is 32.6 Å². The van der Waals surface area contributed by atoms with E-state index in [4.69, 9.17) is 15.1 Å². The van der Waals surface area contributed by atoms with Crippen molar-refractivity contribution in [3.8, 4) is 22.6 Å². The summed E-state index contributed by atoms with van der Waals surface area (Å²) in [5, 5.41) is 10.5. The van der Waals surface area contributed by atoms with Gasteiger partial charge in [-0.3, -0.25) is 4.68 Å². The first-order chi connectivity index (χ1) is 18.2. The molecule has 0 N–H and O–H groups in total. The van der Waals surface area contributed by atoms with E-state index in [2.05, 4.69) is 15.1 Å². The molecule has 0 bridgehead atoms. The lowest BCUT2D eigenvalue weighted by Crippen LogP contribution is -2.07. The Kier molecular flexibility index (Phi) is 4.65. The van der Waals surface area contributed by atoms with Crippen LogP contribution in [0, 0.1) is 13.8 Å². The number of thiophene rings is 1. The Morgan fingerprint density at radius 1 is 0.974 bits per heavy atom. The zero-order valence-electron chi connectivity index (χ0n) is 20.2. The molecule has 188 valence electrons. The van der Waals surface area contributed by atoms with E-state index in [1.165, 1.54) is 6.33 Å². The van der Waals surface area contributed by atoms with E-state index in [9.17, 15) is 13.2 Å². The van der Waals surface area contributed by atoms with Crippen molar-refractivity contribution in [2.75, 3.05) is 0 Å².